The van der Waals surface area contributed by atoms with Crippen molar-refractivity contribution in [3.63, 3.8) is 0 Å². The van der Waals surface area contributed by atoms with Crippen molar-refractivity contribution in [2.45, 2.75) is 39.8 Å². The second-order valence-electron chi connectivity index (χ2n) is 7.42. The molecular weight excluding hydrogens is 452 g/mol. The summed E-state index contributed by atoms with van der Waals surface area (Å²) in [6.45, 7) is 6.38. The Balaban J connectivity index is 1.41. The van der Waals surface area contributed by atoms with Crippen LogP contribution in [-0.2, 0) is 13.1 Å². The first-order valence-electron chi connectivity index (χ1n) is 9.87. The van der Waals surface area contributed by atoms with Gasteiger partial charge in [-0.2, -0.15) is 10.2 Å². The van der Waals surface area contributed by atoms with Crippen molar-refractivity contribution in [1.29, 1.82) is 0 Å². The molecule has 0 aliphatic heterocycles. The second kappa shape index (κ2) is 9.05. The number of halogens is 1. The van der Waals surface area contributed by atoms with Crippen LogP contribution in [0.25, 0.3) is 0 Å². The molecule has 3 aromatic heterocycles. The number of hydrogen-bond donors (Lipinski definition) is 1. The largest absolute Gasteiger partial charge is 0.313 e. The number of nitro groups is 1. The van der Waals surface area contributed by atoms with Crippen molar-refractivity contribution in [3.8, 4) is 0 Å². The summed E-state index contributed by atoms with van der Waals surface area (Å²) in [5.74, 6) is 0.639. The van der Waals surface area contributed by atoms with Gasteiger partial charge in [0.1, 0.15) is 16.4 Å². The molecule has 12 heteroatoms. The Morgan fingerprint density at radius 2 is 2.00 bits per heavy atom. The molecule has 3 heterocycles. The lowest BCUT2D eigenvalue weighted by molar-refractivity contribution is -0.386. The number of nitrogens with one attached hydrogen (secondary N) is 1. The van der Waals surface area contributed by atoms with Crippen LogP contribution in [0.15, 0.2) is 36.5 Å². The maximum atomic E-state index is 11.2. The van der Waals surface area contributed by atoms with Crippen LogP contribution in [0.2, 0.25) is 5.02 Å². The van der Waals surface area contributed by atoms with Crippen molar-refractivity contribution >= 4 is 39.6 Å². The standard InChI is InChI=1S/C20H21ClN8O2S/c1-12(10-28-14(3)18(29(30)31)13(2)25-28)19-23-24-20(32-19)22-17-8-9-27(26-17)11-15-6-4-5-7-16(15)21/h4-9,12H,10-11H2,1-3H3,(H,22,24,26). The van der Waals surface area contributed by atoms with Gasteiger partial charge in [0.15, 0.2) is 5.82 Å². The Kier molecular flexibility index (Phi) is 6.19. The van der Waals surface area contributed by atoms with E-state index < -0.39 is 4.92 Å². The molecule has 10 nitrogen and oxygen atoms in total. The van der Waals surface area contributed by atoms with E-state index in [9.17, 15) is 10.1 Å². The number of aryl methyl sites for hydroxylation is 1. The van der Waals surface area contributed by atoms with E-state index >= 15 is 0 Å². The lowest BCUT2D eigenvalue weighted by Crippen LogP contribution is -2.09. The average Bonchev–Trinajstić information content (AvgIpc) is 3.44. The van der Waals surface area contributed by atoms with Crippen LogP contribution in [-0.4, -0.2) is 34.7 Å². The van der Waals surface area contributed by atoms with E-state index in [-0.39, 0.29) is 11.6 Å². The summed E-state index contributed by atoms with van der Waals surface area (Å²) in [5.41, 5.74) is 1.99. The van der Waals surface area contributed by atoms with E-state index in [1.807, 2.05) is 43.5 Å². The smallest absolute Gasteiger partial charge is 0.312 e. The molecule has 1 aromatic carbocycles. The van der Waals surface area contributed by atoms with Gasteiger partial charge in [0.05, 0.1) is 18.0 Å². The van der Waals surface area contributed by atoms with E-state index in [2.05, 4.69) is 25.7 Å². The van der Waals surface area contributed by atoms with Crippen LogP contribution in [0.4, 0.5) is 16.6 Å². The van der Waals surface area contributed by atoms with Crippen LogP contribution in [0.1, 0.15) is 34.8 Å². The number of anilines is 2. The number of aromatic nitrogens is 6. The van der Waals surface area contributed by atoms with Crippen LogP contribution in [0, 0.1) is 24.0 Å². The van der Waals surface area contributed by atoms with E-state index in [4.69, 9.17) is 11.6 Å². The zero-order valence-corrected chi connectivity index (χ0v) is 19.3. The third kappa shape index (κ3) is 4.63. The lowest BCUT2D eigenvalue weighted by Gasteiger charge is -2.08. The predicted octanol–water partition coefficient (Wildman–Crippen LogP) is 4.71. The fraction of sp³-hybridized carbons (Fsp3) is 0.300. The Bertz CT molecular complexity index is 1260. The molecule has 0 saturated carbocycles. The zero-order chi connectivity index (χ0) is 22.8. The summed E-state index contributed by atoms with van der Waals surface area (Å²) >= 11 is 7.64. The Labute approximate surface area is 193 Å². The highest BCUT2D eigenvalue weighted by atomic mass is 35.5. The first kappa shape index (κ1) is 21.9. The summed E-state index contributed by atoms with van der Waals surface area (Å²) < 4.78 is 3.45. The fourth-order valence-electron chi connectivity index (χ4n) is 3.38. The molecule has 0 bridgehead atoms. The molecule has 0 fully saturated rings. The minimum Gasteiger partial charge on any atom is -0.313 e. The van der Waals surface area contributed by atoms with Crippen LogP contribution >= 0.6 is 22.9 Å². The van der Waals surface area contributed by atoms with Gasteiger partial charge in [-0.1, -0.05) is 48.1 Å². The molecule has 4 aromatic rings. The first-order valence-corrected chi connectivity index (χ1v) is 11.1. The van der Waals surface area contributed by atoms with Crippen LogP contribution < -0.4 is 5.32 Å². The van der Waals surface area contributed by atoms with Gasteiger partial charge in [0.25, 0.3) is 0 Å². The van der Waals surface area contributed by atoms with Crippen molar-refractivity contribution < 1.29 is 4.92 Å². The maximum absolute atomic E-state index is 11.2. The fourth-order valence-corrected chi connectivity index (χ4v) is 4.37. The van der Waals surface area contributed by atoms with Gasteiger partial charge >= 0.3 is 5.69 Å². The highest BCUT2D eigenvalue weighted by molar-refractivity contribution is 7.15. The Hall–Kier alpha value is -3.31. The first-order chi connectivity index (χ1) is 15.3. The highest BCUT2D eigenvalue weighted by Gasteiger charge is 2.23. The average molecular weight is 473 g/mol. The molecular formula is C20H21ClN8O2S. The SMILES string of the molecule is Cc1nn(CC(C)c2nnc(Nc3ccn(Cc4ccccc4Cl)n3)s2)c(C)c1[N+](=O)[O-]. The molecule has 0 amide bonds. The van der Waals surface area contributed by atoms with Crippen molar-refractivity contribution in [2.75, 3.05) is 5.32 Å². The molecule has 0 aliphatic carbocycles. The zero-order valence-electron chi connectivity index (χ0n) is 17.7. The number of benzene rings is 1. The van der Waals surface area contributed by atoms with Gasteiger partial charge in [0.2, 0.25) is 5.13 Å². The third-order valence-electron chi connectivity index (χ3n) is 5.00. The Morgan fingerprint density at radius 3 is 2.72 bits per heavy atom. The lowest BCUT2D eigenvalue weighted by atomic mass is 10.2. The maximum Gasteiger partial charge on any atom is 0.312 e. The van der Waals surface area contributed by atoms with Crippen molar-refractivity contribution in [3.05, 3.63) is 73.6 Å². The monoisotopic (exact) mass is 472 g/mol. The van der Waals surface area contributed by atoms with Crippen LogP contribution in [0.3, 0.4) is 0 Å². The van der Waals surface area contributed by atoms with E-state index in [0.717, 1.165) is 10.6 Å². The minimum atomic E-state index is -0.392. The number of nitrogens with zero attached hydrogens (tertiary/aromatic N) is 7. The highest BCUT2D eigenvalue weighted by Crippen LogP contribution is 2.28. The molecule has 1 atom stereocenters. The summed E-state index contributed by atoms with van der Waals surface area (Å²) in [5, 5.41) is 33.8. The number of rotatable bonds is 8. The number of hydrogen-bond acceptors (Lipinski definition) is 8. The molecule has 0 spiro atoms. The van der Waals surface area contributed by atoms with E-state index in [1.165, 1.54) is 11.3 Å². The van der Waals surface area contributed by atoms with Gasteiger partial charge in [-0.15, -0.1) is 10.2 Å². The van der Waals surface area contributed by atoms with Crippen LogP contribution in [0.5, 0.6) is 0 Å². The van der Waals surface area contributed by atoms with Gasteiger partial charge in [-0.25, -0.2) is 0 Å². The van der Waals surface area contributed by atoms with Gasteiger partial charge in [-0.05, 0) is 25.5 Å². The third-order valence-corrected chi connectivity index (χ3v) is 6.44. The molecule has 4 rings (SSSR count). The van der Waals surface area contributed by atoms with E-state index in [0.29, 0.717) is 40.4 Å². The quantitative estimate of drug-likeness (QED) is 0.291. The van der Waals surface area contributed by atoms with Gasteiger partial charge in [0, 0.05) is 23.2 Å². The summed E-state index contributed by atoms with van der Waals surface area (Å²) in [4.78, 5) is 10.8. The molecule has 1 unspecified atom stereocenters. The second-order valence-corrected chi connectivity index (χ2v) is 8.84. The molecule has 0 radical (unpaired) electrons. The summed E-state index contributed by atoms with van der Waals surface area (Å²) in [7, 11) is 0. The molecule has 0 saturated heterocycles. The Morgan fingerprint density at radius 1 is 1.22 bits per heavy atom. The molecule has 166 valence electrons. The molecule has 0 aliphatic rings. The van der Waals surface area contributed by atoms with Gasteiger partial charge < -0.3 is 5.32 Å². The normalized spacial score (nSPS) is 12.1. The van der Waals surface area contributed by atoms with E-state index in [1.54, 1.807) is 23.2 Å². The summed E-state index contributed by atoms with van der Waals surface area (Å²) in [6.07, 6.45) is 1.87. The van der Waals surface area contributed by atoms with Gasteiger partial charge in [-0.3, -0.25) is 19.5 Å². The summed E-state index contributed by atoms with van der Waals surface area (Å²) in [6, 6.07) is 9.52. The topological polar surface area (TPSA) is 117 Å². The molecule has 1 N–H and O–H groups in total. The van der Waals surface area contributed by atoms with Crippen molar-refractivity contribution in [2.24, 2.45) is 0 Å². The molecule has 32 heavy (non-hydrogen) atoms. The van der Waals surface area contributed by atoms with Crippen molar-refractivity contribution in [1.82, 2.24) is 29.8 Å². The predicted molar refractivity (Wildman–Crippen MR) is 123 cm³/mol. The minimum absolute atomic E-state index is 0.0153.